The lowest BCUT2D eigenvalue weighted by molar-refractivity contribution is -0.263. The van der Waals surface area contributed by atoms with Gasteiger partial charge in [0.15, 0.2) is 5.60 Å². The van der Waals surface area contributed by atoms with Crippen molar-refractivity contribution in [1.82, 2.24) is 4.90 Å². The van der Waals surface area contributed by atoms with Crippen LogP contribution in [0.15, 0.2) is 12.2 Å². The summed E-state index contributed by atoms with van der Waals surface area (Å²) in [6.45, 7) is 4.44. The van der Waals surface area contributed by atoms with Crippen molar-refractivity contribution in [2.24, 2.45) is 0 Å². The van der Waals surface area contributed by atoms with Crippen LogP contribution in [0.2, 0.25) is 0 Å². The Morgan fingerprint density at radius 2 is 1.80 bits per heavy atom. The average Bonchev–Trinajstić information content (AvgIpc) is 2.88. The van der Waals surface area contributed by atoms with Crippen molar-refractivity contribution >= 4 is 6.09 Å². The van der Waals surface area contributed by atoms with Crippen molar-refractivity contribution in [3.05, 3.63) is 12.2 Å². The molecule has 0 aromatic carbocycles. The maximum absolute atomic E-state index is 13.2. The molecule has 20 heavy (non-hydrogen) atoms. The number of alkyl halides is 3. The molecule has 1 aliphatic carbocycles. The SMILES string of the molecule is CO[C@]1(C(F)(F)F)CN(C(=O)OC(C)(C)C)C2(C=C2)C1. The van der Waals surface area contributed by atoms with Crippen LogP contribution in [0.4, 0.5) is 18.0 Å². The van der Waals surface area contributed by atoms with E-state index in [9.17, 15) is 18.0 Å². The lowest BCUT2D eigenvalue weighted by Crippen LogP contribution is -2.50. The Labute approximate surface area is 115 Å². The minimum absolute atomic E-state index is 0.320. The number of carbonyl (C=O) groups excluding carboxylic acids is 1. The van der Waals surface area contributed by atoms with E-state index < -0.39 is 35.6 Å². The molecule has 2 rings (SSSR count). The molecular weight excluding hydrogens is 275 g/mol. The zero-order valence-corrected chi connectivity index (χ0v) is 11.9. The molecule has 0 bridgehead atoms. The van der Waals surface area contributed by atoms with Crippen LogP contribution in [0.5, 0.6) is 0 Å². The number of halogens is 3. The Morgan fingerprint density at radius 1 is 1.25 bits per heavy atom. The number of hydrogen-bond donors (Lipinski definition) is 0. The highest BCUT2D eigenvalue weighted by atomic mass is 19.4. The van der Waals surface area contributed by atoms with Gasteiger partial charge in [-0.15, -0.1) is 0 Å². The Bertz CT molecular complexity index is 447. The molecule has 0 saturated carbocycles. The fourth-order valence-electron chi connectivity index (χ4n) is 2.40. The van der Waals surface area contributed by atoms with E-state index >= 15 is 0 Å². The lowest BCUT2D eigenvalue weighted by Gasteiger charge is -2.30. The summed E-state index contributed by atoms with van der Waals surface area (Å²) in [5, 5.41) is 0. The topological polar surface area (TPSA) is 38.8 Å². The van der Waals surface area contributed by atoms with Crippen LogP contribution in [0.25, 0.3) is 0 Å². The number of amides is 1. The van der Waals surface area contributed by atoms with Crippen molar-refractivity contribution < 1.29 is 27.4 Å². The van der Waals surface area contributed by atoms with Crippen LogP contribution in [0.3, 0.4) is 0 Å². The first-order chi connectivity index (χ1) is 8.95. The van der Waals surface area contributed by atoms with E-state index in [0.717, 1.165) is 12.0 Å². The van der Waals surface area contributed by atoms with Crippen molar-refractivity contribution in [3.8, 4) is 0 Å². The van der Waals surface area contributed by atoms with Gasteiger partial charge >= 0.3 is 12.3 Å². The molecule has 0 aromatic rings. The molecule has 7 heteroatoms. The third-order valence-corrected chi connectivity index (χ3v) is 3.56. The molecule has 2 aliphatic rings. The summed E-state index contributed by atoms with van der Waals surface area (Å²) in [5.41, 5.74) is -4.09. The van der Waals surface area contributed by atoms with Crippen LogP contribution in [0, 0.1) is 0 Å². The Hall–Kier alpha value is -1.24. The number of carbonyl (C=O) groups is 1. The monoisotopic (exact) mass is 293 g/mol. The van der Waals surface area contributed by atoms with Gasteiger partial charge in [-0.1, -0.05) is 12.2 Å². The lowest BCUT2D eigenvalue weighted by atomic mass is 9.97. The second-order valence-electron chi connectivity index (χ2n) is 6.26. The maximum atomic E-state index is 13.2. The summed E-state index contributed by atoms with van der Waals surface area (Å²) in [6, 6.07) is 0. The minimum Gasteiger partial charge on any atom is -0.444 e. The highest BCUT2D eigenvalue weighted by molar-refractivity contribution is 5.73. The predicted octanol–water partition coefficient (Wildman–Crippen LogP) is 2.88. The first kappa shape index (κ1) is 15.2. The van der Waals surface area contributed by atoms with Crippen LogP contribution in [-0.4, -0.2) is 47.6 Å². The van der Waals surface area contributed by atoms with Gasteiger partial charge in [0.25, 0.3) is 0 Å². The first-order valence-corrected chi connectivity index (χ1v) is 6.28. The smallest absolute Gasteiger partial charge is 0.419 e. The minimum atomic E-state index is -4.55. The van der Waals surface area contributed by atoms with E-state index in [0.29, 0.717) is 0 Å². The molecule has 114 valence electrons. The molecule has 1 saturated heterocycles. The van der Waals surface area contributed by atoms with Gasteiger partial charge in [0.2, 0.25) is 0 Å². The molecule has 1 fully saturated rings. The molecule has 0 N–H and O–H groups in total. The number of ether oxygens (including phenoxy) is 2. The Morgan fingerprint density at radius 3 is 2.15 bits per heavy atom. The van der Waals surface area contributed by atoms with Crippen LogP contribution in [0.1, 0.15) is 27.2 Å². The second kappa shape index (κ2) is 4.13. The predicted molar refractivity (Wildman–Crippen MR) is 65.2 cm³/mol. The summed E-state index contributed by atoms with van der Waals surface area (Å²) in [5.74, 6) is 0. The summed E-state index contributed by atoms with van der Waals surface area (Å²) in [7, 11) is 1.02. The summed E-state index contributed by atoms with van der Waals surface area (Å²) in [4.78, 5) is 13.2. The number of rotatable bonds is 1. The van der Waals surface area contributed by atoms with Gasteiger partial charge in [-0.25, -0.2) is 4.79 Å². The molecule has 1 aliphatic heterocycles. The molecule has 0 aromatic heterocycles. The van der Waals surface area contributed by atoms with E-state index in [2.05, 4.69) is 0 Å². The third-order valence-electron chi connectivity index (χ3n) is 3.56. The molecule has 1 heterocycles. The largest absolute Gasteiger partial charge is 0.444 e. The zero-order chi connectivity index (χ0) is 15.4. The van der Waals surface area contributed by atoms with E-state index in [1.807, 2.05) is 0 Å². The standard InChI is InChI=1S/C13H18F3NO3/c1-10(2,3)20-9(18)17-8-12(19-4,13(14,15)16)7-11(17)5-6-11/h5-6H,7-8H2,1-4H3/t12-/m0/s1. The van der Waals surface area contributed by atoms with Gasteiger partial charge in [-0.2, -0.15) is 13.2 Å². The first-order valence-electron chi connectivity index (χ1n) is 6.28. The van der Waals surface area contributed by atoms with Crippen molar-refractivity contribution in [2.75, 3.05) is 13.7 Å². The van der Waals surface area contributed by atoms with Crippen molar-refractivity contribution in [3.63, 3.8) is 0 Å². The van der Waals surface area contributed by atoms with Crippen LogP contribution >= 0.6 is 0 Å². The molecule has 0 unspecified atom stereocenters. The molecular formula is C13H18F3NO3. The van der Waals surface area contributed by atoms with Gasteiger partial charge in [0.05, 0.1) is 12.1 Å². The Kier molecular flexibility index (Phi) is 3.13. The maximum Gasteiger partial charge on any atom is 0.419 e. The molecule has 0 radical (unpaired) electrons. The highest BCUT2D eigenvalue weighted by Gasteiger charge is 2.68. The molecule has 1 atom stereocenters. The molecule has 1 amide bonds. The zero-order valence-electron chi connectivity index (χ0n) is 11.9. The summed E-state index contributed by atoms with van der Waals surface area (Å²) in [6.07, 6.45) is -2.48. The number of nitrogens with zero attached hydrogens (tertiary/aromatic N) is 1. The number of methoxy groups -OCH3 is 1. The van der Waals surface area contributed by atoms with E-state index in [-0.39, 0.29) is 6.42 Å². The summed E-state index contributed by atoms with van der Waals surface area (Å²) >= 11 is 0. The van der Waals surface area contributed by atoms with Crippen molar-refractivity contribution in [2.45, 2.75) is 50.1 Å². The van der Waals surface area contributed by atoms with E-state index in [1.54, 1.807) is 32.9 Å². The number of likely N-dealkylation sites (tertiary alicyclic amines) is 1. The third kappa shape index (κ3) is 2.39. The normalized spacial score (nSPS) is 28.1. The van der Waals surface area contributed by atoms with Crippen molar-refractivity contribution in [1.29, 1.82) is 0 Å². The number of hydrogen-bond acceptors (Lipinski definition) is 3. The second-order valence-corrected chi connectivity index (χ2v) is 6.26. The summed E-state index contributed by atoms with van der Waals surface area (Å²) < 4.78 is 49.6. The Balaban J connectivity index is 2.22. The van der Waals surface area contributed by atoms with E-state index in [4.69, 9.17) is 9.47 Å². The molecule has 4 nitrogen and oxygen atoms in total. The van der Waals surface area contributed by atoms with Crippen LogP contribution in [-0.2, 0) is 9.47 Å². The van der Waals surface area contributed by atoms with Crippen LogP contribution < -0.4 is 0 Å². The van der Waals surface area contributed by atoms with Gasteiger partial charge < -0.3 is 9.47 Å². The molecule has 1 spiro atoms. The quantitative estimate of drug-likeness (QED) is 0.698. The average molecular weight is 293 g/mol. The van der Waals surface area contributed by atoms with E-state index in [1.165, 1.54) is 0 Å². The fourth-order valence-corrected chi connectivity index (χ4v) is 2.40. The fraction of sp³-hybridized carbons (Fsp3) is 0.769. The van der Waals surface area contributed by atoms with Gasteiger partial charge in [-0.05, 0) is 20.8 Å². The van der Waals surface area contributed by atoms with Gasteiger partial charge in [-0.3, -0.25) is 4.90 Å². The van der Waals surface area contributed by atoms with Gasteiger partial charge in [0.1, 0.15) is 5.60 Å². The van der Waals surface area contributed by atoms with Gasteiger partial charge in [0, 0.05) is 13.5 Å². The highest BCUT2D eigenvalue weighted by Crippen LogP contribution is 2.53.